The Bertz CT molecular complexity index is 2580. The van der Waals surface area contributed by atoms with Crippen LogP contribution in [0.1, 0.15) is 45.5 Å². The van der Waals surface area contributed by atoms with E-state index in [0.29, 0.717) is 44.7 Å². The van der Waals surface area contributed by atoms with Crippen LogP contribution in [0.15, 0.2) is 131 Å². The SMILES string of the molecule is Oc1cccc(O)c1/C1=c2\cc/c([nH]2)=C(\c2c(O)cccc2O)C2=NC(C=C2)C(c2c(O)cccc2O)c2ccc([nH]2)C(c2c(O)cccc2O)C2C=CC1=N2. The molecule has 0 fully saturated rings. The maximum atomic E-state index is 11.2. The molecule has 0 saturated heterocycles. The van der Waals surface area contributed by atoms with Crippen LogP contribution < -0.4 is 10.7 Å². The monoisotopic (exact) mass is 746 g/mol. The van der Waals surface area contributed by atoms with E-state index in [1.165, 1.54) is 72.8 Å². The fraction of sp³-hybridized carbons (Fsp3) is 0.0909. The summed E-state index contributed by atoms with van der Waals surface area (Å²) in [4.78, 5) is 17.0. The molecule has 6 aromatic rings. The number of aliphatic imine (C=N–C) groups is 2. The third-order valence-electron chi connectivity index (χ3n) is 10.6. The first kappa shape index (κ1) is 34.2. The number of nitrogens with one attached hydrogen (secondary N) is 2. The molecule has 4 atom stereocenters. The number of hydrogen-bond acceptors (Lipinski definition) is 10. The average Bonchev–Trinajstić information content (AvgIpc) is 4.00. The Labute approximate surface area is 318 Å². The van der Waals surface area contributed by atoms with E-state index in [9.17, 15) is 40.9 Å². The van der Waals surface area contributed by atoms with Gasteiger partial charge in [-0.3, -0.25) is 9.98 Å². The highest BCUT2D eigenvalue weighted by Gasteiger charge is 2.37. The van der Waals surface area contributed by atoms with Crippen LogP contribution in [0.5, 0.6) is 46.0 Å². The van der Waals surface area contributed by atoms with Crippen molar-refractivity contribution >= 4 is 22.6 Å². The zero-order valence-electron chi connectivity index (χ0n) is 29.3. The van der Waals surface area contributed by atoms with Gasteiger partial charge in [0.15, 0.2) is 0 Å². The van der Waals surface area contributed by atoms with Crippen LogP contribution in [-0.2, 0) is 0 Å². The van der Waals surface area contributed by atoms with Crippen molar-refractivity contribution < 1.29 is 40.9 Å². The number of nitrogens with zero attached hydrogens (tertiary/aromatic N) is 2. The second kappa shape index (κ2) is 13.1. The largest absolute Gasteiger partial charge is 0.508 e. The summed E-state index contributed by atoms with van der Waals surface area (Å²) in [5.41, 5.74) is 2.95. The summed E-state index contributed by atoms with van der Waals surface area (Å²) >= 11 is 0. The Balaban J connectivity index is 1.41. The Hall–Kier alpha value is -7.60. The molecule has 4 aromatic carbocycles. The number of fused-ring (bicyclic) bond motifs is 6. The van der Waals surface area contributed by atoms with Crippen molar-refractivity contribution in [2.24, 2.45) is 9.98 Å². The molecule has 2 aromatic heterocycles. The Morgan fingerprint density at radius 1 is 0.393 bits per heavy atom. The first-order chi connectivity index (χ1) is 27.1. The van der Waals surface area contributed by atoms with E-state index >= 15 is 0 Å². The molecule has 10 N–H and O–H groups in total. The molecule has 0 amide bonds. The summed E-state index contributed by atoms with van der Waals surface area (Å²) < 4.78 is 0. The second-order valence-electron chi connectivity index (χ2n) is 13.9. The van der Waals surface area contributed by atoms with Gasteiger partial charge in [0.05, 0.1) is 46.5 Å². The number of aromatic hydroxyl groups is 8. The first-order valence-corrected chi connectivity index (χ1v) is 17.8. The first-order valence-electron chi connectivity index (χ1n) is 17.8. The van der Waals surface area contributed by atoms with Gasteiger partial charge in [-0.25, -0.2) is 0 Å². The second-order valence-corrected chi connectivity index (χ2v) is 13.9. The molecule has 3 aliphatic heterocycles. The van der Waals surface area contributed by atoms with Crippen molar-refractivity contribution in [3.63, 3.8) is 0 Å². The number of benzene rings is 4. The highest BCUT2D eigenvalue weighted by Crippen LogP contribution is 2.46. The zero-order chi connectivity index (χ0) is 38.8. The lowest BCUT2D eigenvalue weighted by molar-refractivity contribution is 0.428. The lowest BCUT2D eigenvalue weighted by Gasteiger charge is -2.24. The standard InChI is InChI=1S/C44H34N4O8/c49-29-5-1-6-30(50)41(29)37-21-13-15-23(45-21)38(42-31(51)7-2-8-32(42)52)25-17-19-27(47-25)40(44-35(55)11-4-12-36(44)56)28-20-18-26(48-28)39(24-16-14-22(37)46-24)43-33(53)9-3-10-34(43)54/h1-21,26,37,39,46-47,49-56H/b38-25+,40-27+. The molecule has 12 nitrogen and oxygen atoms in total. The van der Waals surface area contributed by atoms with Gasteiger partial charge in [0.1, 0.15) is 46.0 Å². The maximum absolute atomic E-state index is 11.2. The Kier molecular flexibility index (Phi) is 7.97. The van der Waals surface area contributed by atoms with Gasteiger partial charge < -0.3 is 50.8 Å². The summed E-state index contributed by atoms with van der Waals surface area (Å²) in [6, 6.07) is 23.2. The third-order valence-corrected chi connectivity index (χ3v) is 10.6. The summed E-state index contributed by atoms with van der Waals surface area (Å²) in [5.74, 6) is -3.21. The number of phenols is 8. The van der Waals surface area contributed by atoms with E-state index < -0.39 is 23.9 Å². The van der Waals surface area contributed by atoms with Crippen molar-refractivity contribution in [2.45, 2.75) is 23.9 Å². The Morgan fingerprint density at radius 3 is 1.09 bits per heavy atom. The molecule has 3 aliphatic rings. The molecule has 0 spiro atoms. The third kappa shape index (κ3) is 5.46. The minimum absolute atomic E-state index is 0.0885. The summed E-state index contributed by atoms with van der Waals surface area (Å²) in [6.45, 7) is 0. The topological polar surface area (TPSA) is 218 Å². The van der Waals surface area contributed by atoms with Crippen molar-refractivity contribution in [1.29, 1.82) is 0 Å². The van der Waals surface area contributed by atoms with Gasteiger partial charge in [-0.15, -0.1) is 0 Å². The van der Waals surface area contributed by atoms with Crippen molar-refractivity contribution in [3.8, 4) is 46.0 Å². The lowest BCUT2D eigenvalue weighted by Crippen LogP contribution is -2.22. The van der Waals surface area contributed by atoms with Gasteiger partial charge in [0.2, 0.25) is 0 Å². The van der Waals surface area contributed by atoms with Crippen molar-refractivity contribution in [3.05, 3.63) is 166 Å². The van der Waals surface area contributed by atoms with Gasteiger partial charge in [-0.1, -0.05) is 36.4 Å². The van der Waals surface area contributed by atoms with E-state index in [1.807, 2.05) is 0 Å². The maximum Gasteiger partial charge on any atom is 0.127 e. The van der Waals surface area contributed by atoms with E-state index in [0.717, 1.165) is 0 Å². The van der Waals surface area contributed by atoms with E-state index in [2.05, 4.69) is 9.97 Å². The van der Waals surface area contributed by atoms with Gasteiger partial charge in [0.25, 0.3) is 0 Å². The highest BCUT2D eigenvalue weighted by atomic mass is 16.3. The van der Waals surface area contributed by atoms with Crippen LogP contribution in [0.25, 0.3) is 11.1 Å². The molecule has 56 heavy (non-hydrogen) atoms. The normalized spacial score (nSPS) is 21.9. The minimum atomic E-state index is -0.814. The number of aromatic nitrogens is 2. The lowest BCUT2D eigenvalue weighted by atomic mass is 9.87. The molecule has 5 heterocycles. The van der Waals surface area contributed by atoms with Crippen molar-refractivity contribution in [2.75, 3.05) is 0 Å². The molecule has 4 unspecified atom stereocenters. The van der Waals surface area contributed by atoms with Gasteiger partial charge in [-0.05, 0) is 84.9 Å². The van der Waals surface area contributed by atoms with Crippen LogP contribution >= 0.6 is 0 Å². The van der Waals surface area contributed by atoms with Gasteiger partial charge in [-0.2, -0.15) is 0 Å². The molecule has 0 radical (unpaired) electrons. The molecular weight excluding hydrogens is 713 g/mol. The van der Waals surface area contributed by atoms with Crippen LogP contribution in [0.4, 0.5) is 0 Å². The number of aromatic amines is 2. The summed E-state index contributed by atoms with van der Waals surface area (Å²) in [5, 5.41) is 90.6. The number of H-pyrrole nitrogens is 2. The molecular formula is C44H34N4O8. The van der Waals surface area contributed by atoms with Gasteiger partial charge >= 0.3 is 0 Å². The van der Waals surface area contributed by atoms with Crippen LogP contribution in [0.2, 0.25) is 0 Å². The molecule has 12 heteroatoms. The predicted molar refractivity (Wildman–Crippen MR) is 209 cm³/mol. The Morgan fingerprint density at radius 2 is 0.732 bits per heavy atom. The van der Waals surface area contributed by atoms with Gasteiger partial charge in [0, 0.05) is 44.4 Å². The average molecular weight is 747 g/mol. The minimum Gasteiger partial charge on any atom is -0.508 e. The molecule has 9 rings (SSSR count). The zero-order valence-corrected chi connectivity index (χ0v) is 29.3. The van der Waals surface area contributed by atoms with Crippen LogP contribution in [0, 0.1) is 0 Å². The smallest absolute Gasteiger partial charge is 0.127 e. The van der Waals surface area contributed by atoms with E-state index in [4.69, 9.17) is 9.98 Å². The molecule has 0 aliphatic carbocycles. The highest BCUT2D eigenvalue weighted by molar-refractivity contribution is 6.31. The predicted octanol–water partition coefficient (Wildman–Crippen LogP) is 5.12. The van der Waals surface area contributed by atoms with E-state index in [-0.39, 0.29) is 68.2 Å². The molecule has 8 bridgehead atoms. The number of hydrogen-bond donors (Lipinski definition) is 10. The molecule has 278 valence electrons. The quantitative estimate of drug-likeness (QED) is 0.116. The number of phenolic OH excluding ortho intramolecular Hbond substituents is 8. The fourth-order valence-electron chi connectivity index (χ4n) is 8.13. The number of rotatable bonds is 4. The number of allylic oxidation sites excluding steroid dienone is 2. The molecule has 0 saturated carbocycles. The van der Waals surface area contributed by atoms with Crippen molar-refractivity contribution in [1.82, 2.24) is 9.97 Å². The van der Waals surface area contributed by atoms with E-state index in [1.54, 1.807) is 48.6 Å². The summed E-state index contributed by atoms with van der Waals surface area (Å²) in [7, 11) is 0. The van der Waals surface area contributed by atoms with Crippen LogP contribution in [-0.4, -0.2) is 74.3 Å². The van der Waals surface area contributed by atoms with Crippen LogP contribution in [0.3, 0.4) is 0 Å². The fourth-order valence-corrected chi connectivity index (χ4v) is 8.13. The summed E-state index contributed by atoms with van der Waals surface area (Å²) in [6.07, 6.45) is 7.06.